The molecule has 1 aromatic rings. The van der Waals surface area contributed by atoms with Crippen LogP contribution in [0.15, 0.2) is 6.07 Å². The number of hydrogen-bond acceptors (Lipinski definition) is 4. The summed E-state index contributed by atoms with van der Waals surface area (Å²) in [7, 11) is 0. The van der Waals surface area contributed by atoms with Crippen molar-refractivity contribution in [1.82, 2.24) is 5.32 Å². The lowest BCUT2D eigenvalue weighted by Crippen LogP contribution is -2.40. The highest BCUT2D eigenvalue weighted by Crippen LogP contribution is 2.37. The van der Waals surface area contributed by atoms with Crippen LogP contribution in [0.5, 0.6) is 0 Å². The van der Waals surface area contributed by atoms with E-state index in [9.17, 15) is 0 Å². The largest absolute Gasteiger partial charge is 0.376 e. The fourth-order valence-corrected chi connectivity index (χ4v) is 3.47. The fourth-order valence-electron chi connectivity index (χ4n) is 1.93. The van der Waals surface area contributed by atoms with Gasteiger partial charge in [-0.3, -0.25) is 0 Å². The molecule has 2 unspecified atom stereocenters. The third kappa shape index (κ3) is 3.34. The lowest BCUT2D eigenvalue weighted by atomic mass is 10.0. The van der Waals surface area contributed by atoms with E-state index in [4.69, 9.17) is 32.7 Å². The molecule has 1 N–H and O–H groups in total. The summed E-state index contributed by atoms with van der Waals surface area (Å²) >= 11 is 13.6. The highest BCUT2D eigenvalue weighted by molar-refractivity contribution is 7.20. The fraction of sp³-hybridized carbons (Fsp3) is 0.636. The minimum Gasteiger partial charge on any atom is -0.376 e. The second-order valence-corrected chi connectivity index (χ2v) is 6.08. The number of hydrogen-bond donors (Lipinski definition) is 1. The summed E-state index contributed by atoms with van der Waals surface area (Å²) in [5.74, 6) is 0. The second-order valence-electron chi connectivity index (χ2n) is 3.80. The van der Waals surface area contributed by atoms with E-state index in [1.54, 1.807) is 0 Å². The van der Waals surface area contributed by atoms with Crippen LogP contribution in [-0.2, 0) is 9.47 Å². The number of rotatable bonds is 4. The average Bonchev–Trinajstić information content (AvgIpc) is 2.66. The summed E-state index contributed by atoms with van der Waals surface area (Å²) in [5.41, 5.74) is 0.999. The number of thiophene rings is 1. The van der Waals surface area contributed by atoms with Crippen molar-refractivity contribution in [1.29, 1.82) is 0 Å². The lowest BCUT2D eigenvalue weighted by Gasteiger charge is -2.30. The standard InChI is InChI=1S/C11H15Cl2NO2S/c1-2-14-10(8-6-15-3-4-16-8)7-5-9(12)17-11(7)13/h5,8,10,14H,2-4,6H2,1H3. The van der Waals surface area contributed by atoms with Crippen LogP contribution in [0.1, 0.15) is 18.5 Å². The van der Waals surface area contributed by atoms with E-state index in [0.29, 0.717) is 24.2 Å². The minimum absolute atomic E-state index is 0.00753. The highest BCUT2D eigenvalue weighted by atomic mass is 35.5. The van der Waals surface area contributed by atoms with E-state index in [1.165, 1.54) is 11.3 Å². The monoisotopic (exact) mass is 295 g/mol. The van der Waals surface area contributed by atoms with Gasteiger partial charge in [-0.2, -0.15) is 0 Å². The van der Waals surface area contributed by atoms with E-state index < -0.39 is 0 Å². The number of nitrogens with one attached hydrogen (secondary N) is 1. The van der Waals surface area contributed by atoms with Crippen LogP contribution in [0.3, 0.4) is 0 Å². The van der Waals surface area contributed by atoms with E-state index in [1.807, 2.05) is 6.07 Å². The molecule has 0 aromatic carbocycles. The maximum Gasteiger partial charge on any atom is 0.100 e. The molecule has 0 saturated carbocycles. The number of ether oxygens (including phenoxy) is 2. The van der Waals surface area contributed by atoms with Gasteiger partial charge in [-0.15, -0.1) is 11.3 Å². The zero-order valence-electron chi connectivity index (χ0n) is 9.54. The molecule has 3 nitrogen and oxygen atoms in total. The first kappa shape index (κ1) is 13.6. The Morgan fingerprint density at radius 2 is 2.35 bits per heavy atom. The van der Waals surface area contributed by atoms with Crippen LogP contribution in [0.4, 0.5) is 0 Å². The van der Waals surface area contributed by atoms with Crippen LogP contribution >= 0.6 is 34.5 Å². The Morgan fingerprint density at radius 1 is 1.53 bits per heavy atom. The van der Waals surface area contributed by atoms with Gasteiger partial charge >= 0.3 is 0 Å². The minimum atomic E-state index is -0.00753. The Morgan fingerprint density at radius 3 is 2.88 bits per heavy atom. The molecular formula is C11H15Cl2NO2S. The first-order chi connectivity index (χ1) is 8.22. The van der Waals surface area contributed by atoms with Gasteiger partial charge in [0.15, 0.2) is 0 Å². The van der Waals surface area contributed by atoms with Gasteiger partial charge in [0.05, 0.1) is 34.5 Å². The predicted molar refractivity (Wildman–Crippen MR) is 71.3 cm³/mol. The quantitative estimate of drug-likeness (QED) is 0.926. The first-order valence-electron chi connectivity index (χ1n) is 5.59. The summed E-state index contributed by atoms with van der Waals surface area (Å²) in [6.45, 7) is 4.77. The molecular weight excluding hydrogens is 281 g/mol. The van der Waals surface area contributed by atoms with E-state index in [2.05, 4.69) is 12.2 Å². The van der Waals surface area contributed by atoms with Gasteiger partial charge in [0.1, 0.15) is 6.10 Å². The van der Waals surface area contributed by atoms with Gasteiger partial charge in [-0.05, 0) is 12.6 Å². The average molecular weight is 296 g/mol. The van der Waals surface area contributed by atoms with Crippen molar-refractivity contribution in [3.8, 4) is 0 Å². The molecule has 0 amide bonds. The van der Waals surface area contributed by atoms with Gasteiger partial charge in [-0.25, -0.2) is 0 Å². The summed E-state index contributed by atoms with van der Waals surface area (Å²) in [4.78, 5) is 0. The van der Waals surface area contributed by atoms with Crippen LogP contribution in [-0.4, -0.2) is 32.5 Å². The van der Waals surface area contributed by atoms with Gasteiger partial charge < -0.3 is 14.8 Å². The summed E-state index contributed by atoms with van der Waals surface area (Å²) in [5, 5.41) is 3.38. The summed E-state index contributed by atoms with van der Waals surface area (Å²) in [6, 6.07) is 1.94. The molecule has 0 aliphatic carbocycles. The third-order valence-corrected chi connectivity index (χ3v) is 4.17. The van der Waals surface area contributed by atoms with E-state index in [0.717, 1.165) is 16.4 Å². The molecule has 96 valence electrons. The van der Waals surface area contributed by atoms with Crippen LogP contribution in [0, 0.1) is 0 Å². The Bertz CT molecular complexity index is 366. The highest BCUT2D eigenvalue weighted by Gasteiger charge is 2.28. The van der Waals surface area contributed by atoms with Crippen LogP contribution < -0.4 is 5.32 Å². The Kier molecular flexibility index (Phi) is 5.09. The third-order valence-electron chi connectivity index (χ3n) is 2.66. The Labute approximate surface area is 115 Å². The molecule has 0 bridgehead atoms. The van der Waals surface area contributed by atoms with Crippen molar-refractivity contribution in [2.45, 2.75) is 19.1 Å². The lowest BCUT2D eigenvalue weighted by molar-refractivity contribution is -0.102. The van der Waals surface area contributed by atoms with Crippen molar-refractivity contribution in [3.05, 3.63) is 20.3 Å². The molecule has 2 heterocycles. The van der Waals surface area contributed by atoms with Gasteiger partial charge in [-0.1, -0.05) is 30.1 Å². The molecule has 2 rings (SSSR count). The van der Waals surface area contributed by atoms with Crippen LogP contribution in [0.25, 0.3) is 0 Å². The van der Waals surface area contributed by atoms with Crippen molar-refractivity contribution in [2.24, 2.45) is 0 Å². The Balaban J connectivity index is 2.18. The second kappa shape index (κ2) is 6.36. The maximum atomic E-state index is 6.19. The normalized spacial score (nSPS) is 22.6. The molecule has 6 heteroatoms. The van der Waals surface area contributed by atoms with Crippen LogP contribution in [0.2, 0.25) is 8.67 Å². The zero-order valence-corrected chi connectivity index (χ0v) is 11.9. The number of halogens is 2. The first-order valence-corrected chi connectivity index (χ1v) is 7.17. The molecule has 0 radical (unpaired) electrons. The van der Waals surface area contributed by atoms with Gasteiger partial charge in [0, 0.05) is 5.56 Å². The molecule has 1 aliphatic heterocycles. The molecule has 1 saturated heterocycles. The topological polar surface area (TPSA) is 30.5 Å². The molecule has 1 fully saturated rings. The van der Waals surface area contributed by atoms with Crippen molar-refractivity contribution in [3.63, 3.8) is 0 Å². The van der Waals surface area contributed by atoms with E-state index >= 15 is 0 Å². The van der Waals surface area contributed by atoms with Crippen molar-refractivity contribution < 1.29 is 9.47 Å². The predicted octanol–water partition coefficient (Wildman–Crippen LogP) is 3.12. The SMILES string of the molecule is CCNC(c1cc(Cl)sc1Cl)C1COCCO1. The van der Waals surface area contributed by atoms with Gasteiger partial charge in [0.2, 0.25) is 0 Å². The molecule has 17 heavy (non-hydrogen) atoms. The van der Waals surface area contributed by atoms with Gasteiger partial charge in [0.25, 0.3) is 0 Å². The van der Waals surface area contributed by atoms with Crippen molar-refractivity contribution in [2.75, 3.05) is 26.4 Å². The molecule has 1 aliphatic rings. The Hall–Kier alpha value is 0.160. The summed E-state index contributed by atoms with van der Waals surface area (Å²) < 4.78 is 12.6. The molecule has 1 aromatic heterocycles. The molecule has 2 atom stereocenters. The number of likely N-dealkylation sites (N-methyl/N-ethyl adjacent to an activating group) is 1. The van der Waals surface area contributed by atoms with E-state index in [-0.39, 0.29) is 12.1 Å². The molecule has 0 spiro atoms. The van der Waals surface area contributed by atoms with Crippen molar-refractivity contribution >= 4 is 34.5 Å². The maximum absolute atomic E-state index is 6.19. The smallest absolute Gasteiger partial charge is 0.100 e. The summed E-state index contributed by atoms with van der Waals surface area (Å²) in [6.07, 6.45) is -0.00753. The zero-order chi connectivity index (χ0) is 12.3.